The van der Waals surface area contributed by atoms with Crippen LogP contribution in [-0.2, 0) is 0 Å². The van der Waals surface area contributed by atoms with Crippen LogP contribution in [0.25, 0.3) is 0 Å². The van der Waals surface area contributed by atoms with E-state index in [0.717, 1.165) is 18.2 Å². The van der Waals surface area contributed by atoms with E-state index in [9.17, 15) is 18.4 Å². The van der Waals surface area contributed by atoms with Crippen molar-refractivity contribution in [3.05, 3.63) is 65.2 Å². The van der Waals surface area contributed by atoms with E-state index in [1.54, 1.807) is 24.3 Å². The Bertz CT molecular complexity index is 702. The Hall–Kier alpha value is -2.76. The third-order valence-corrected chi connectivity index (χ3v) is 2.83. The lowest BCUT2D eigenvalue weighted by Crippen LogP contribution is -2.21. The number of rotatable bonds is 3. The van der Waals surface area contributed by atoms with Crippen molar-refractivity contribution in [1.82, 2.24) is 5.32 Å². The van der Waals surface area contributed by atoms with Crippen LogP contribution in [-0.4, -0.2) is 18.9 Å². The summed E-state index contributed by atoms with van der Waals surface area (Å²) in [6.45, 7) is 0. The minimum atomic E-state index is -1.11. The van der Waals surface area contributed by atoms with E-state index in [4.69, 9.17) is 0 Å². The highest BCUT2D eigenvalue weighted by Gasteiger charge is 2.14. The van der Waals surface area contributed by atoms with Crippen molar-refractivity contribution < 1.29 is 18.4 Å². The van der Waals surface area contributed by atoms with Crippen molar-refractivity contribution in [2.45, 2.75) is 0 Å². The monoisotopic (exact) mass is 290 g/mol. The van der Waals surface area contributed by atoms with Crippen molar-refractivity contribution >= 4 is 17.5 Å². The molecule has 2 amide bonds. The fraction of sp³-hybridized carbons (Fsp3) is 0.0667. The molecule has 2 N–H and O–H groups in total. The maximum Gasteiger partial charge on any atom is 0.255 e. The Morgan fingerprint density at radius 2 is 1.67 bits per heavy atom. The molecule has 0 atom stereocenters. The number of hydrogen-bond donors (Lipinski definition) is 2. The number of anilines is 1. The largest absolute Gasteiger partial charge is 0.355 e. The minimum Gasteiger partial charge on any atom is -0.355 e. The molecule has 0 bridgehead atoms. The molecule has 0 heterocycles. The van der Waals surface area contributed by atoms with Gasteiger partial charge in [-0.15, -0.1) is 0 Å². The van der Waals surface area contributed by atoms with Gasteiger partial charge in [0.15, 0.2) is 11.6 Å². The van der Waals surface area contributed by atoms with Crippen LogP contribution in [0, 0.1) is 11.6 Å². The van der Waals surface area contributed by atoms with Crippen LogP contribution in [0.1, 0.15) is 20.7 Å². The lowest BCUT2D eigenvalue weighted by atomic mass is 10.1. The zero-order valence-corrected chi connectivity index (χ0v) is 11.1. The van der Waals surface area contributed by atoms with E-state index in [-0.39, 0.29) is 22.7 Å². The zero-order chi connectivity index (χ0) is 15.4. The summed E-state index contributed by atoms with van der Waals surface area (Å²) in [5.74, 6) is -3.14. The summed E-state index contributed by atoms with van der Waals surface area (Å²) in [6.07, 6.45) is 0. The highest BCUT2D eigenvalue weighted by atomic mass is 19.2. The van der Waals surface area contributed by atoms with Gasteiger partial charge in [0.2, 0.25) is 0 Å². The molecule has 6 heteroatoms. The molecule has 2 aromatic rings. The van der Waals surface area contributed by atoms with Crippen LogP contribution in [0.4, 0.5) is 14.5 Å². The first-order valence-electron chi connectivity index (χ1n) is 6.10. The average molecular weight is 290 g/mol. The van der Waals surface area contributed by atoms with Crippen LogP contribution in [0.3, 0.4) is 0 Å². The molecule has 0 saturated heterocycles. The molecule has 0 saturated carbocycles. The molecular weight excluding hydrogens is 278 g/mol. The molecule has 0 unspecified atom stereocenters. The number of halogens is 2. The fourth-order valence-electron chi connectivity index (χ4n) is 1.76. The van der Waals surface area contributed by atoms with E-state index in [2.05, 4.69) is 10.6 Å². The first-order chi connectivity index (χ1) is 10.0. The first kappa shape index (κ1) is 14.6. The molecule has 0 aliphatic rings. The van der Waals surface area contributed by atoms with Gasteiger partial charge in [0.25, 0.3) is 11.8 Å². The maximum atomic E-state index is 13.1. The third-order valence-electron chi connectivity index (χ3n) is 2.83. The van der Waals surface area contributed by atoms with Crippen molar-refractivity contribution in [3.63, 3.8) is 0 Å². The minimum absolute atomic E-state index is 0.0411. The highest BCUT2D eigenvalue weighted by Crippen LogP contribution is 2.17. The van der Waals surface area contributed by atoms with Crippen molar-refractivity contribution in [2.24, 2.45) is 0 Å². The van der Waals surface area contributed by atoms with Crippen molar-refractivity contribution in [3.8, 4) is 0 Å². The number of amides is 2. The number of hydrogen-bond acceptors (Lipinski definition) is 2. The molecule has 2 rings (SSSR count). The summed E-state index contributed by atoms with van der Waals surface area (Å²) in [5.41, 5.74) is 0.517. The van der Waals surface area contributed by atoms with Gasteiger partial charge in [-0.3, -0.25) is 9.59 Å². The van der Waals surface area contributed by atoms with Crippen LogP contribution < -0.4 is 10.6 Å². The molecule has 21 heavy (non-hydrogen) atoms. The number of carbonyl (C=O) groups excluding carboxylic acids is 2. The molecule has 0 aliphatic carbocycles. The van der Waals surface area contributed by atoms with Gasteiger partial charge in [0.1, 0.15) is 0 Å². The molecule has 0 aromatic heterocycles. The van der Waals surface area contributed by atoms with Crippen molar-refractivity contribution in [1.29, 1.82) is 0 Å². The van der Waals surface area contributed by atoms with Gasteiger partial charge in [-0.05, 0) is 30.3 Å². The van der Waals surface area contributed by atoms with Crippen molar-refractivity contribution in [2.75, 3.05) is 12.4 Å². The molecule has 0 fully saturated rings. The molecule has 108 valence electrons. The lowest BCUT2D eigenvalue weighted by Gasteiger charge is -2.10. The second-order valence-electron chi connectivity index (χ2n) is 4.21. The smallest absolute Gasteiger partial charge is 0.255 e. The number of nitrogens with one attached hydrogen (secondary N) is 2. The SMILES string of the molecule is CNC(=O)c1ccccc1NC(=O)c1ccc(F)c(F)c1. The Morgan fingerprint density at radius 3 is 2.33 bits per heavy atom. The van der Waals surface area contributed by atoms with E-state index in [1.807, 2.05) is 0 Å². The van der Waals surface area contributed by atoms with E-state index in [0.29, 0.717) is 0 Å². The van der Waals surface area contributed by atoms with Gasteiger partial charge >= 0.3 is 0 Å². The fourth-order valence-corrected chi connectivity index (χ4v) is 1.76. The highest BCUT2D eigenvalue weighted by molar-refractivity contribution is 6.08. The second kappa shape index (κ2) is 6.13. The molecule has 2 aromatic carbocycles. The summed E-state index contributed by atoms with van der Waals surface area (Å²) >= 11 is 0. The summed E-state index contributed by atoms with van der Waals surface area (Å²) < 4.78 is 26.0. The molecule has 0 spiro atoms. The van der Waals surface area contributed by atoms with E-state index in [1.165, 1.54) is 7.05 Å². The summed E-state index contributed by atoms with van der Waals surface area (Å²) in [5, 5.41) is 4.95. The van der Waals surface area contributed by atoms with Gasteiger partial charge < -0.3 is 10.6 Å². The van der Waals surface area contributed by atoms with Gasteiger partial charge in [-0.1, -0.05) is 12.1 Å². The Labute approximate surface area is 119 Å². The van der Waals surface area contributed by atoms with Crippen LogP contribution >= 0.6 is 0 Å². The predicted molar refractivity (Wildman–Crippen MR) is 74.1 cm³/mol. The molecule has 4 nitrogen and oxygen atoms in total. The van der Waals surface area contributed by atoms with Crippen LogP contribution in [0.15, 0.2) is 42.5 Å². The summed E-state index contributed by atoms with van der Waals surface area (Å²) in [6, 6.07) is 9.21. The van der Waals surface area contributed by atoms with E-state index < -0.39 is 17.5 Å². The number of carbonyl (C=O) groups is 2. The lowest BCUT2D eigenvalue weighted by molar-refractivity contribution is 0.0964. The Balaban J connectivity index is 2.27. The van der Waals surface area contributed by atoms with Gasteiger partial charge in [-0.2, -0.15) is 0 Å². The zero-order valence-electron chi connectivity index (χ0n) is 11.1. The molecule has 0 radical (unpaired) electrons. The Morgan fingerprint density at radius 1 is 0.952 bits per heavy atom. The molecular formula is C15H12F2N2O2. The number of benzene rings is 2. The summed E-state index contributed by atoms with van der Waals surface area (Å²) in [4.78, 5) is 23.7. The third kappa shape index (κ3) is 3.22. The number of para-hydroxylation sites is 1. The van der Waals surface area contributed by atoms with Gasteiger partial charge in [-0.25, -0.2) is 8.78 Å². The van der Waals surface area contributed by atoms with Gasteiger partial charge in [0.05, 0.1) is 11.3 Å². The van der Waals surface area contributed by atoms with Crippen LogP contribution in [0.2, 0.25) is 0 Å². The Kier molecular flexibility index (Phi) is 4.27. The normalized spacial score (nSPS) is 10.0. The molecule has 0 aliphatic heterocycles. The standard InChI is InChI=1S/C15H12F2N2O2/c1-18-15(21)10-4-2-3-5-13(10)19-14(20)9-6-7-11(16)12(17)8-9/h2-8H,1H3,(H,18,21)(H,19,20). The summed E-state index contributed by atoms with van der Waals surface area (Å²) in [7, 11) is 1.47. The van der Waals surface area contributed by atoms with E-state index >= 15 is 0 Å². The average Bonchev–Trinajstić information content (AvgIpc) is 2.49. The van der Waals surface area contributed by atoms with Gasteiger partial charge in [0, 0.05) is 12.6 Å². The maximum absolute atomic E-state index is 13.1. The first-order valence-corrected chi connectivity index (χ1v) is 6.10. The quantitative estimate of drug-likeness (QED) is 0.912. The van der Waals surface area contributed by atoms with Crippen LogP contribution in [0.5, 0.6) is 0 Å². The topological polar surface area (TPSA) is 58.2 Å². The predicted octanol–water partition coefficient (Wildman–Crippen LogP) is 2.58. The second-order valence-corrected chi connectivity index (χ2v) is 4.21.